The fourth-order valence-corrected chi connectivity index (χ4v) is 25.7. The van der Waals surface area contributed by atoms with E-state index in [9.17, 15) is 0 Å². The van der Waals surface area contributed by atoms with Gasteiger partial charge in [0.25, 0.3) is 0 Å². The van der Waals surface area contributed by atoms with Gasteiger partial charge in [-0.2, -0.15) is 0 Å². The summed E-state index contributed by atoms with van der Waals surface area (Å²) < 4.78 is 5.01. The Balaban J connectivity index is 1.45. The van der Waals surface area contributed by atoms with Gasteiger partial charge in [0.2, 0.25) is 0 Å². The zero-order valence-corrected chi connectivity index (χ0v) is 44.0. The van der Waals surface area contributed by atoms with Crippen LogP contribution in [0.2, 0.25) is 5.76 Å². The van der Waals surface area contributed by atoms with Gasteiger partial charge in [0.15, 0.2) is 0 Å². The van der Waals surface area contributed by atoms with Gasteiger partial charge in [0.1, 0.15) is 0 Å². The predicted molar refractivity (Wildman–Crippen MR) is 268 cm³/mol. The maximum atomic E-state index is 2.82. The fraction of sp³-hybridized carbons (Fsp3) is 0.474. The molecule has 0 fully saturated rings. The molecule has 5 aliphatic heterocycles. The van der Waals surface area contributed by atoms with E-state index in [4.69, 9.17) is 0 Å². The predicted octanol–water partition coefficient (Wildman–Crippen LogP) is 14.6. The normalized spacial score (nSPS) is 18.4. The minimum absolute atomic E-state index is 0.0396. The van der Waals surface area contributed by atoms with Crippen LogP contribution in [-0.2, 0) is 37.9 Å². The van der Waals surface area contributed by atoms with Crippen molar-refractivity contribution in [1.29, 1.82) is 0 Å². The topological polar surface area (TPSA) is 6.48 Å². The van der Waals surface area contributed by atoms with Crippen LogP contribution in [0.3, 0.4) is 0 Å². The standard InChI is InChI=1S/C57H70GeN2S/c1-51(2,3)31-21-23-38-34(25-31)56(16,17)44-36(54(10,11)12)29-42-47-49(44)59(38)40-27-33(53(7,8)9)28-41-46(40)58(47,20)48-43(61-42)30-37(55(13,14)15)45-50(48)60(41)39-24-22-32(52(4,5)6)26-35(39)57(45,18)19/h21-30H,1-20H3. The third-order valence-corrected chi connectivity index (χ3v) is 26.9. The van der Waals surface area contributed by atoms with Crippen molar-refractivity contribution in [2.24, 2.45) is 0 Å². The van der Waals surface area contributed by atoms with Crippen molar-refractivity contribution in [3.05, 3.63) is 111 Å². The van der Waals surface area contributed by atoms with Gasteiger partial charge < -0.3 is 0 Å². The van der Waals surface area contributed by atoms with Gasteiger partial charge in [-0.15, -0.1) is 0 Å². The summed E-state index contributed by atoms with van der Waals surface area (Å²) in [4.78, 5) is 8.64. The molecule has 2 nitrogen and oxygen atoms in total. The third-order valence-electron chi connectivity index (χ3n) is 15.6. The Hall–Kier alpha value is -3.41. The van der Waals surface area contributed by atoms with Crippen LogP contribution in [0.5, 0.6) is 0 Å². The zero-order valence-electron chi connectivity index (χ0n) is 41.1. The number of benzene rings is 5. The molecule has 0 aromatic heterocycles. The average molecular weight is 888 g/mol. The van der Waals surface area contributed by atoms with Crippen molar-refractivity contribution >= 4 is 72.3 Å². The molecule has 318 valence electrons. The van der Waals surface area contributed by atoms with Crippen LogP contribution in [0.4, 0.5) is 34.1 Å². The molecule has 4 heteroatoms. The summed E-state index contributed by atoms with van der Waals surface area (Å²) in [5.41, 5.74) is 21.3. The second-order valence-corrected chi connectivity index (χ2v) is 34.7. The molecular weight excluding hydrogens is 817 g/mol. The van der Waals surface area contributed by atoms with Crippen molar-refractivity contribution in [2.45, 2.75) is 185 Å². The van der Waals surface area contributed by atoms with E-state index in [1.807, 2.05) is 0 Å². The molecule has 0 saturated carbocycles. The van der Waals surface area contributed by atoms with Crippen molar-refractivity contribution in [2.75, 3.05) is 9.80 Å². The number of fused-ring (bicyclic) bond motifs is 6. The van der Waals surface area contributed by atoms with Gasteiger partial charge in [-0.1, -0.05) is 0 Å². The van der Waals surface area contributed by atoms with Gasteiger partial charge in [-0.25, -0.2) is 0 Å². The first-order chi connectivity index (χ1) is 27.8. The Morgan fingerprint density at radius 2 is 0.787 bits per heavy atom. The molecule has 5 heterocycles. The quantitative estimate of drug-likeness (QED) is 0.140. The molecule has 0 atom stereocenters. The van der Waals surface area contributed by atoms with E-state index in [1.54, 1.807) is 24.3 Å². The van der Waals surface area contributed by atoms with E-state index in [-0.39, 0.29) is 37.9 Å². The number of hydrogen-bond donors (Lipinski definition) is 0. The van der Waals surface area contributed by atoms with Crippen LogP contribution in [-0.4, -0.2) is 13.3 Å². The Morgan fingerprint density at radius 3 is 1.11 bits per heavy atom. The summed E-state index contributed by atoms with van der Waals surface area (Å²) in [5, 5.41) is 0. The van der Waals surface area contributed by atoms with Crippen LogP contribution < -0.4 is 23.0 Å². The molecule has 0 spiro atoms. The first-order valence-corrected chi connectivity index (χ1v) is 29.1. The van der Waals surface area contributed by atoms with Crippen LogP contribution in [0.25, 0.3) is 0 Å². The summed E-state index contributed by atoms with van der Waals surface area (Å²) in [5.74, 6) is 2.82. The van der Waals surface area contributed by atoms with Gasteiger partial charge in [-0.05, 0) is 0 Å². The molecule has 10 rings (SSSR count). The first-order valence-electron chi connectivity index (χ1n) is 23.0. The average Bonchev–Trinajstić information content (AvgIpc) is 3.11. The monoisotopic (exact) mass is 888 g/mol. The van der Waals surface area contributed by atoms with E-state index in [0.29, 0.717) is 0 Å². The molecule has 5 aromatic rings. The zero-order chi connectivity index (χ0) is 44.5. The molecule has 0 radical (unpaired) electrons. The Labute approximate surface area is 375 Å². The van der Waals surface area contributed by atoms with Crippen LogP contribution in [0.1, 0.15) is 182 Å². The van der Waals surface area contributed by atoms with Crippen molar-refractivity contribution in [3.8, 4) is 0 Å². The minimum atomic E-state index is -3.53. The summed E-state index contributed by atoms with van der Waals surface area (Å²) >= 11 is -1.44. The number of hydrogen-bond acceptors (Lipinski definition) is 3. The van der Waals surface area contributed by atoms with Crippen molar-refractivity contribution in [1.82, 2.24) is 0 Å². The van der Waals surface area contributed by atoms with E-state index >= 15 is 0 Å². The molecule has 0 N–H and O–H groups in total. The van der Waals surface area contributed by atoms with Gasteiger partial charge in [-0.3, -0.25) is 0 Å². The summed E-state index contributed by atoms with van der Waals surface area (Å²) in [7, 11) is 0. The molecule has 61 heavy (non-hydrogen) atoms. The maximum absolute atomic E-state index is 3.53. The van der Waals surface area contributed by atoms with Crippen LogP contribution in [0, 0.1) is 0 Å². The molecular formula is C57H70GeN2S. The van der Waals surface area contributed by atoms with Crippen molar-refractivity contribution < 1.29 is 0 Å². The Morgan fingerprint density at radius 1 is 0.426 bits per heavy atom. The van der Waals surface area contributed by atoms with Crippen LogP contribution >= 0.6 is 11.8 Å². The SMILES string of the molecule is CC(C)(C)c1cc2[c]3c(c1)N1c4ccc(C(C)(C)C)cc4C(C)(C)c4c(C(C)(C)C)cc5[c](c41)[Ge]3([CH3])[c]1c(cc(C(C)(C)C)c3c1N2c1ccc(C(C)(C)C)cc1C3(C)C)S5. The van der Waals surface area contributed by atoms with E-state index in [2.05, 4.69) is 220 Å². The van der Waals surface area contributed by atoms with Crippen LogP contribution in [0.15, 0.2) is 70.5 Å². The number of rotatable bonds is 0. The third kappa shape index (κ3) is 5.29. The van der Waals surface area contributed by atoms with E-state index in [0.717, 1.165) is 0 Å². The second kappa shape index (κ2) is 11.8. The molecule has 5 aromatic carbocycles. The summed E-state index contributed by atoms with van der Waals surface area (Å²) in [6.45, 7) is 46.3. The molecule has 0 amide bonds. The molecule has 0 bridgehead atoms. The summed E-state index contributed by atoms with van der Waals surface area (Å²) in [6.07, 6.45) is 0. The molecule has 5 aliphatic rings. The van der Waals surface area contributed by atoms with Crippen molar-refractivity contribution in [3.63, 3.8) is 0 Å². The Bertz CT molecular complexity index is 2640. The Kier molecular flexibility index (Phi) is 8.07. The van der Waals surface area contributed by atoms with Gasteiger partial charge >= 0.3 is 378 Å². The molecule has 0 saturated heterocycles. The molecule has 0 aliphatic carbocycles. The number of nitrogens with zero attached hydrogens (tertiary/aromatic N) is 2. The van der Waals surface area contributed by atoms with Gasteiger partial charge in [0, 0.05) is 0 Å². The van der Waals surface area contributed by atoms with E-state index in [1.165, 1.54) is 82.9 Å². The van der Waals surface area contributed by atoms with E-state index < -0.39 is 13.3 Å². The molecule has 0 unspecified atom stereocenters. The summed E-state index contributed by atoms with van der Waals surface area (Å²) in [6, 6.07) is 25.7. The van der Waals surface area contributed by atoms with Gasteiger partial charge in [0.05, 0.1) is 0 Å². The second-order valence-electron chi connectivity index (χ2n) is 25.8. The first kappa shape index (κ1) is 41.6. The number of anilines is 6. The fourth-order valence-electron chi connectivity index (χ4n) is 12.1.